The molecule has 1 atom stereocenters. The van der Waals surface area contributed by atoms with Gasteiger partial charge in [-0.05, 0) is 0 Å². The predicted molar refractivity (Wildman–Crippen MR) is 24.8 cm³/mol. The summed E-state index contributed by atoms with van der Waals surface area (Å²) >= 11 is 0. The number of hydrogen-bond donors (Lipinski definition) is 1. The second-order valence-corrected chi connectivity index (χ2v) is 1.54. The third-order valence-electron chi connectivity index (χ3n) is 0.967. The van der Waals surface area contributed by atoms with E-state index in [9.17, 15) is 4.79 Å². The van der Waals surface area contributed by atoms with Crippen LogP contribution in [-0.4, -0.2) is 17.0 Å². The second-order valence-electron chi connectivity index (χ2n) is 1.54. The third kappa shape index (κ3) is 0.695. The van der Waals surface area contributed by atoms with Gasteiger partial charge >= 0.3 is 0 Å². The Morgan fingerprint density at radius 3 is 2.71 bits per heavy atom. The number of allylic oxidation sites excluding steroid dienone is 1. The summed E-state index contributed by atoms with van der Waals surface area (Å²) in [5.41, 5.74) is 0. The van der Waals surface area contributed by atoms with Crippen molar-refractivity contribution in [2.24, 2.45) is 0 Å². The maximum absolute atomic E-state index is 10.3. The van der Waals surface area contributed by atoms with Crippen molar-refractivity contribution in [3.8, 4) is 0 Å². The van der Waals surface area contributed by atoms with Gasteiger partial charge in [-0.1, -0.05) is 12.2 Å². The highest BCUT2D eigenvalue weighted by Crippen LogP contribution is 2.02. The van der Waals surface area contributed by atoms with Crippen LogP contribution in [0, 0.1) is 0 Å². The van der Waals surface area contributed by atoms with Crippen LogP contribution in [0.25, 0.3) is 0 Å². The highest BCUT2D eigenvalue weighted by molar-refractivity contribution is 5.88. The number of hydrogen-bond acceptors (Lipinski definition) is 2. The molecule has 1 aliphatic rings. The van der Waals surface area contributed by atoms with Crippen molar-refractivity contribution in [1.29, 1.82) is 0 Å². The van der Waals surface area contributed by atoms with Gasteiger partial charge in [-0.2, -0.15) is 0 Å². The Morgan fingerprint density at radius 2 is 2.57 bits per heavy atom. The lowest BCUT2D eigenvalue weighted by Gasteiger charge is -1.89. The monoisotopic (exact) mass is 98.0 g/mol. The van der Waals surface area contributed by atoms with Gasteiger partial charge in [0.15, 0.2) is 5.78 Å². The van der Waals surface area contributed by atoms with E-state index < -0.39 is 6.10 Å². The van der Waals surface area contributed by atoms with E-state index in [1.807, 2.05) is 0 Å². The predicted octanol–water partition coefficient (Wildman–Crippen LogP) is -0.124. The molecular weight excluding hydrogens is 92.1 g/mol. The molecule has 2 nitrogen and oxygen atoms in total. The van der Waals surface area contributed by atoms with Crippen LogP contribution in [0.3, 0.4) is 0 Å². The van der Waals surface area contributed by atoms with Gasteiger partial charge in [-0.15, -0.1) is 0 Å². The van der Waals surface area contributed by atoms with Gasteiger partial charge in [0.1, 0.15) is 6.10 Å². The first-order valence-electron chi connectivity index (χ1n) is 2.18. The second kappa shape index (κ2) is 1.46. The van der Waals surface area contributed by atoms with Crippen molar-refractivity contribution in [3.05, 3.63) is 12.2 Å². The lowest BCUT2D eigenvalue weighted by atomic mass is 10.3. The van der Waals surface area contributed by atoms with Crippen LogP contribution >= 0.6 is 0 Å². The Hall–Kier alpha value is -0.630. The Morgan fingerprint density at radius 1 is 1.86 bits per heavy atom. The lowest BCUT2D eigenvalue weighted by molar-refractivity contribution is -0.123. The summed E-state index contributed by atoms with van der Waals surface area (Å²) in [5.74, 6) is -0.0972. The summed E-state index contributed by atoms with van der Waals surface area (Å²) in [4.78, 5) is 10.3. The molecular formula is C5H6O2. The minimum absolute atomic E-state index is 0.0972. The average Bonchev–Trinajstić information content (AvgIpc) is 1.91. The highest BCUT2D eigenvalue weighted by atomic mass is 16.3. The third-order valence-corrected chi connectivity index (χ3v) is 0.967. The molecule has 1 N–H and O–H groups in total. The first kappa shape index (κ1) is 4.53. The molecule has 0 radical (unpaired) electrons. The summed E-state index contributed by atoms with van der Waals surface area (Å²) in [6.07, 6.45) is 2.77. The lowest BCUT2D eigenvalue weighted by Crippen LogP contribution is -2.10. The summed E-state index contributed by atoms with van der Waals surface area (Å²) < 4.78 is 0. The van der Waals surface area contributed by atoms with Crippen molar-refractivity contribution >= 4 is 5.78 Å². The molecule has 0 saturated carbocycles. The molecule has 0 bridgehead atoms. The van der Waals surface area contributed by atoms with E-state index in [0.29, 0.717) is 6.42 Å². The Bertz CT molecular complexity index is 115. The van der Waals surface area contributed by atoms with E-state index in [1.165, 1.54) is 6.08 Å². The van der Waals surface area contributed by atoms with Crippen LogP contribution in [0.5, 0.6) is 0 Å². The largest absolute Gasteiger partial charge is 0.381 e. The van der Waals surface area contributed by atoms with Crippen LogP contribution in [0.2, 0.25) is 0 Å². The van der Waals surface area contributed by atoms with Crippen LogP contribution < -0.4 is 0 Å². The van der Waals surface area contributed by atoms with Gasteiger partial charge in [0, 0.05) is 6.42 Å². The van der Waals surface area contributed by atoms with E-state index in [0.717, 1.165) is 0 Å². The van der Waals surface area contributed by atoms with Crippen LogP contribution in [-0.2, 0) is 4.79 Å². The molecule has 7 heavy (non-hydrogen) atoms. The van der Waals surface area contributed by atoms with Crippen molar-refractivity contribution in [3.63, 3.8) is 0 Å². The average molecular weight is 98.1 g/mol. The number of carbonyl (C=O) groups excluding carboxylic acids is 1. The topological polar surface area (TPSA) is 37.3 Å². The van der Waals surface area contributed by atoms with Gasteiger partial charge < -0.3 is 5.11 Å². The fourth-order valence-corrected chi connectivity index (χ4v) is 0.541. The maximum Gasteiger partial charge on any atom is 0.168 e. The molecule has 0 spiro atoms. The fourth-order valence-electron chi connectivity index (χ4n) is 0.541. The molecule has 38 valence electrons. The summed E-state index contributed by atoms with van der Waals surface area (Å²) in [5, 5.41) is 8.56. The van der Waals surface area contributed by atoms with Crippen molar-refractivity contribution in [1.82, 2.24) is 0 Å². The summed E-state index contributed by atoms with van der Waals surface area (Å²) in [6, 6.07) is 0. The van der Waals surface area contributed by atoms with E-state index >= 15 is 0 Å². The summed E-state index contributed by atoms with van der Waals surface area (Å²) in [6.45, 7) is 0. The SMILES string of the molecule is O=C1CC=CC1O. The molecule has 1 aliphatic carbocycles. The number of rotatable bonds is 0. The zero-order chi connectivity index (χ0) is 5.28. The quantitative estimate of drug-likeness (QED) is 0.429. The van der Waals surface area contributed by atoms with E-state index in [1.54, 1.807) is 6.08 Å². The number of aliphatic hydroxyl groups is 1. The first-order chi connectivity index (χ1) is 3.30. The molecule has 2 heteroatoms. The van der Waals surface area contributed by atoms with Crippen molar-refractivity contribution in [2.75, 3.05) is 0 Å². The van der Waals surface area contributed by atoms with Crippen LogP contribution in [0.4, 0.5) is 0 Å². The zero-order valence-electron chi connectivity index (χ0n) is 3.79. The highest BCUT2D eigenvalue weighted by Gasteiger charge is 2.13. The minimum Gasteiger partial charge on any atom is -0.381 e. The van der Waals surface area contributed by atoms with Crippen LogP contribution in [0.1, 0.15) is 6.42 Å². The molecule has 0 fully saturated rings. The number of Topliss-reactive ketones (excluding diaryl/α,β-unsaturated/α-hetero) is 1. The minimum atomic E-state index is -0.806. The van der Waals surface area contributed by atoms with Crippen molar-refractivity contribution < 1.29 is 9.90 Å². The number of carbonyl (C=O) groups is 1. The Labute approximate surface area is 41.5 Å². The fraction of sp³-hybridized carbons (Fsp3) is 0.400. The normalized spacial score (nSPS) is 29.3. The zero-order valence-corrected chi connectivity index (χ0v) is 3.79. The van der Waals surface area contributed by atoms with Gasteiger partial charge in [0.25, 0.3) is 0 Å². The van der Waals surface area contributed by atoms with Gasteiger partial charge in [0.2, 0.25) is 0 Å². The number of ketones is 1. The van der Waals surface area contributed by atoms with E-state index in [-0.39, 0.29) is 5.78 Å². The van der Waals surface area contributed by atoms with E-state index in [2.05, 4.69) is 0 Å². The van der Waals surface area contributed by atoms with Gasteiger partial charge in [-0.3, -0.25) is 4.79 Å². The molecule has 0 aliphatic heterocycles. The molecule has 0 aromatic rings. The molecule has 0 aromatic heterocycles. The van der Waals surface area contributed by atoms with Crippen LogP contribution in [0.15, 0.2) is 12.2 Å². The molecule has 0 saturated heterocycles. The molecule has 0 amide bonds. The molecule has 0 heterocycles. The maximum atomic E-state index is 10.3. The smallest absolute Gasteiger partial charge is 0.168 e. The molecule has 1 unspecified atom stereocenters. The molecule has 0 aromatic carbocycles. The Balaban J connectivity index is 2.62. The van der Waals surface area contributed by atoms with E-state index in [4.69, 9.17) is 5.11 Å². The Kier molecular flexibility index (Phi) is 0.947. The van der Waals surface area contributed by atoms with Crippen molar-refractivity contribution in [2.45, 2.75) is 12.5 Å². The van der Waals surface area contributed by atoms with Gasteiger partial charge in [-0.25, -0.2) is 0 Å². The van der Waals surface area contributed by atoms with Gasteiger partial charge in [0.05, 0.1) is 0 Å². The first-order valence-corrected chi connectivity index (χ1v) is 2.18. The standard InChI is InChI=1S/C5H6O2/c6-4-2-1-3-5(4)7/h1-2,4,6H,3H2. The molecule has 1 rings (SSSR count). The number of aliphatic hydroxyl groups excluding tert-OH is 1. The summed E-state index contributed by atoms with van der Waals surface area (Å²) in [7, 11) is 0.